The third-order valence-corrected chi connectivity index (χ3v) is 2.94. The van der Waals surface area contributed by atoms with E-state index >= 15 is 0 Å². The van der Waals surface area contributed by atoms with E-state index in [4.69, 9.17) is 0 Å². The summed E-state index contributed by atoms with van der Waals surface area (Å²) in [6.45, 7) is 3.75. The lowest BCUT2D eigenvalue weighted by Gasteiger charge is -2.12. The molecule has 0 saturated heterocycles. The fourth-order valence-electron chi connectivity index (χ4n) is 0.632. The van der Waals surface area contributed by atoms with E-state index in [0.29, 0.717) is 0 Å². The molecule has 1 amide bonds. The van der Waals surface area contributed by atoms with Gasteiger partial charge in [0.05, 0.1) is 11.9 Å². The van der Waals surface area contributed by atoms with Crippen molar-refractivity contribution in [2.75, 3.05) is 13.7 Å². The first-order valence-electron chi connectivity index (χ1n) is 3.97. The molecule has 0 aromatic heterocycles. The van der Waals surface area contributed by atoms with E-state index in [0.717, 1.165) is 0 Å². The molecule has 5 heteroatoms. The molecule has 0 radical (unpaired) electrons. The largest absolute Gasteiger partial charge is 0.468 e. The van der Waals surface area contributed by atoms with E-state index in [1.807, 2.05) is 13.8 Å². The minimum absolute atomic E-state index is 0.0792. The number of nitrogens with one attached hydrogen (secondary N) is 1. The van der Waals surface area contributed by atoms with Gasteiger partial charge in [-0.3, -0.25) is 9.59 Å². The Morgan fingerprint density at radius 1 is 1.46 bits per heavy atom. The number of halogens is 1. The fourth-order valence-corrected chi connectivity index (χ4v) is 0.794. The Hall–Kier alpha value is -0.580. The highest BCUT2D eigenvalue weighted by Gasteiger charge is 2.18. The van der Waals surface area contributed by atoms with Crippen LogP contribution in [0.3, 0.4) is 0 Å². The molecular weight excluding hydrogens is 238 g/mol. The van der Waals surface area contributed by atoms with Crippen LogP contribution < -0.4 is 5.32 Å². The molecule has 76 valence electrons. The first-order valence-corrected chi connectivity index (χ1v) is 4.89. The standard InChI is InChI=1S/C8H14BrNO3/c1-5(2)7(9)8(12)10-4-6(11)13-3/h5,7H,4H2,1-3H3,(H,10,12). The van der Waals surface area contributed by atoms with Crippen LogP contribution in [0.2, 0.25) is 0 Å². The van der Waals surface area contributed by atoms with Crippen LogP contribution in [0.15, 0.2) is 0 Å². The van der Waals surface area contributed by atoms with E-state index < -0.39 is 5.97 Å². The summed E-state index contributed by atoms with van der Waals surface area (Å²) in [6, 6.07) is 0. The first kappa shape index (κ1) is 12.4. The number of alkyl halides is 1. The van der Waals surface area contributed by atoms with Crippen molar-refractivity contribution in [3.63, 3.8) is 0 Å². The molecule has 0 aliphatic heterocycles. The summed E-state index contributed by atoms with van der Waals surface area (Å²) >= 11 is 3.22. The molecule has 1 atom stereocenters. The normalized spacial score (nSPS) is 12.4. The number of amides is 1. The average molecular weight is 252 g/mol. The summed E-state index contributed by atoms with van der Waals surface area (Å²) in [5.74, 6) is -0.449. The van der Waals surface area contributed by atoms with Crippen LogP contribution in [-0.4, -0.2) is 30.4 Å². The Kier molecular flexibility index (Phi) is 5.70. The van der Waals surface area contributed by atoms with Gasteiger partial charge in [-0.25, -0.2) is 0 Å². The number of hydrogen-bond acceptors (Lipinski definition) is 3. The van der Waals surface area contributed by atoms with Crippen LogP contribution in [0, 0.1) is 5.92 Å². The van der Waals surface area contributed by atoms with Gasteiger partial charge in [0.15, 0.2) is 0 Å². The molecule has 0 aromatic rings. The highest BCUT2D eigenvalue weighted by molar-refractivity contribution is 9.10. The SMILES string of the molecule is COC(=O)CNC(=O)C(Br)C(C)C. The summed E-state index contributed by atoms with van der Waals surface area (Å²) in [6.07, 6.45) is 0. The van der Waals surface area contributed by atoms with Crippen molar-refractivity contribution in [1.29, 1.82) is 0 Å². The van der Waals surface area contributed by atoms with Crippen molar-refractivity contribution >= 4 is 27.8 Å². The highest BCUT2D eigenvalue weighted by atomic mass is 79.9. The molecule has 13 heavy (non-hydrogen) atoms. The zero-order valence-electron chi connectivity index (χ0n) is 7.96. The smallest absolute Gasteiger partial charge is 0.325 e. The predicted octanol–water partition coefficient (Wildman–Crippen LogP) is 0.695. The molecule has 0 aliphatic carbocycles. The van der Waals surface area contributed by atoms with Crippen LogP contribution >= 0.6 is 15.9 Å². The summed E-state index contributed by atoms with van der Waals surface area (Å²) in [5.41, 5.74) is 0. The molecule has 0 spiro atoms. The molecule has 1 N–H and O–H groups in total. The minimum Gasteiger partial charge on any atom is -0.468 e. The number of esters is 1. The second-order valence-corrected chi connectivity index (χ2v) is 3.93. The molecule has 0 aliphatic rings. The van der Waals surface area contributed by atoms with Gasteiger partial charge in [0.2, 0.25) is 5.91 Å². The zero-order valence-corrected chi connectivity index (χ0v) is 9.55. The topological polar surface area (TPSA) is 55.4 Å². The molecule has 1 unspecified atom stereocenters. The quantitative estimate of drug-likeness (QED) is 0.591. The zero-order chi connectivity index (χ0) is 10.4. The summed E-state index contributed by atoms with van der Waals surface area (Å²) in [5, 5.41) is 2.45. The van der Waals surface area contributed by atoms with Gasteiger partial charge in [-0.2, -0.15) is 0 Å². The first-order chi connectivity index (χ1) is 5.99. The molecule has 0 aromatic carbocycles. The maximum absolute atomic E-state index is 11.2. The maximum Gasteiger partial charge on any atom is 0.325 e. The van der Waals surface area contributed by atoms with Crippen molar-refractivity contribution in [1.82, 2.24) is 5.32 Å². The van der Waals surface area contributed by atoms with E-state index in [1.54, 1.807) is 0 Å². The Morgan fingerprint density at radius 2 is 2.00 bits per heavy atom. The fraction of sp³-hybridized carbons (Fsp3) is 0.750. The Labute approximate surface area is 86.1 Å². The average Bonchev–Trinajstić information content (AvgIpc) is 2.11. The minimum atomic E-state index is -0.447. The van der Waals surface area contributed by atoms with Crippen LogP contribution in [-0.2, 0) is 14.3 Å². The molecule has 0 rings (SSSR count). The van der Waals surface area contributed by atoms with Gasteiger partial charge >= 0.3 is 5.97 Å². The summed E-state index contributed by atoms with van der Waals surface area (Å²) < 4.78 is 4.37. The maximum atomic E-state index is 11.2. The number of methoxy groups -OCH3 is 1. The van der Waals surface area contributed by atoms with E-state index in [2.05, 4.69) is 26.0 Å². The van der Waals surface area contributed by atoms with Gasteiger partial charge < -0.3 is 10.1 Å². The molecule has 0 saturated carbocycles. The van der Waals surface area contributed by atoms with Crippen LogP contribution in [0.5, 0.6) is 0 Å². The Bertz CT molecular complexity index is 194. The molecule has 0 fully saturated rings. The van der Waals surface area contributed by atoms with Gasteiger partial charge in [-0.15, -0.1) is 0 Å². The lowest BCUT2D eigenvalue weighted by Crippen LogP contribution is -2.37. The molecule has 0 heterocycles. The number of ether oxygens (including phenoxy) is 1. The van der Waals surface area contributed by atoms with Crippen molar-refractivity contribution in [2.24, 2.45) is 5.92 Å². The van der Waals surface area contributed by atoms with Gasteiger partial charge in [0.1, 0.15) is 6.54 Å². The lowest BCUT2D eigenvalue weighted by atomic mass is 10.1. The monoisotopic (exact) mass is 251 g/mol. The van der Waals surface area contributed by atoms with Gasteiger partial charge in [0, 0.05) is 0 Å². The Morgan fingerprint density at radius 3 is 2.38 bits per heavy atom. The second kappa shape index (κ2) is 5.96. The highest BCUT2D eigenvalue weighted by Crippen LogP contribution is 2.11. The van der Waals surface area contributed by atoms with Crippen LogP contribution in [0.4, 0.5) is 0 Å². The van der Waals surface area contributed by atoms with Crippen LogP contribution in [0.25, 0.3) is 0 Å². The van der Waals surface area contributed by atoms with Crippen molar-refractivity contribution in [3.05, 3.63) is 0 Å². The predicted molar refractivity (Wildman–Crippen MR) is 52.6 cm³/mol. The van der Waals surface area contributed by atoms with Crippen molar-refractivity contribution < 1.29 is 14.3 Å². The van der Waals surface area contributed by atoms with Crippen molar-refractivity contribution in [2.45, 2.75) is 18.7 Å². The summed E-state index contributed by atoms with van der Waals surface area (Å²) in [7, 11) is 1.28. The Balaban J connectivity index is 3.81. The van der Waals surface area contributed by atoms with E-state index in [-0.39, 0.29) is 23.2 Å². The van der Waals surface area contributed by atoms with Gasteiger partial charge in [-0.05, 0) is 5.92 Å². The molecule has 4 nitrogen and oxygen atoms in total. The van der Waals surface area contributed by atoms with E-state index in [9.17, 15) is 9.59 Å². The third-order valence-electron chi connectivity index (χ3n) is 1.47. The number of carbonyl (C=O) groups is 2. The number of rotatable bonds is 4. The van der Waals surface area contributed by atoms with Gasteiger partial charge in [-0.1, -0.05) is 29.8 Å². The summed E-state index contributed by atoms with van der Waals surface area (Å²) in [4.78, 5) is 21.6. The van der Waals surface area contributed by atoms with Crippen molar-refractivity contribution in [3.8, 4) is 0 Å². The number of hydrogen-bond donors (Lipinski definition) is 1. The van der Waals surface area contributed by atoms with Crippen LogP contribution in [0.1, 0.15) is 13.8 Å². The molecule has 0 bridgehead atoms. The lowest BCUT2D eigenvalue weighted by molar-refractivity contribution is -0.141. The van der Waals surface area contributed by atoms with Gasteiger partial charge in [0.25, 0.3) is 0 Å². The van der Waals surface area contributed by atoms with E-state index in [1.165, 1.54) is 7.11 Å². The second-order valence-electron chi connectivity index (χ2n) is 2.94. The number of carbonyl (C=O) groups excluding carboxylic acids is 2. The third kappa shape index (κ3) is 4.87. The molecular formula is C8H14BrNO3.